The molecule has 2 rings (SSSR count). The summed E-state index contributed by atoms with van der Waals surface area (Å²) in [5.41, 5.74) is 4.35. The van der Waals surface area contributed by atoms with E-state index < -0.39 is 0 Å². The molecule has 0 radical (unpaired) electrons. The second-order valence-corrected chi connectivity index (χ2v) is 4.64. The summed E-state index contributed by atoms with van der Waals surface area (Å²) in [6.45, 7) is 4.70. The minimum atomic E-state index is -0.303. The topological polar surface area (TPSA) is 81.7 Å². The molecular formula is C12H17ClN6. The number of nitrogens with one attached hydrogen (secondary N) is 1. The molecule has 2 aromatic rings. The number of aryl methyl sites for hydroxylation is 2. The Morgan fingerprint density at radius 2 is 2.32 bits per heavy atom. The summed E-state index contributed by atoms with van der Waals surface area (Å²) in [6.07, 6.45) is 4.30. The van der Waals surface area contributed by atoms with Gasteiger partial charge in [-0.05, 0) is 19.4 Å². The van der Waals surface area contributed by atoms with E-state index in [-0.39, 0.29) is 6.04 Å². The van der Waals surface area contributed by atoms with Gasteiger partial charge in [0.25, 0.3) is 0 Å². The molecule has 0 saturated heterocycles. The van der Waals surface area contributed by atoms with Gasteiger partial charge in [-0.3, -0.25) is 10.5 Å². The number of hydrogen-bond acceptors (Lipinski definition) is 5. The van der Waals surface area contributed by atoms with Crippen molar-refractivity contribution in [3.05, 3.63) is 40.7 Å². The second-order valence-electron chi connectivity index (χ2n) is 4.23. The Labute approximate surface area is 117 Å². The van der Waals surface area contributed by atoms with Gasteiger partial charge in [0, 0.05) is 12.7 Å². The van der Waals surface area contributed by atoms with Gasteiger partial charge in [-0.2, -0.15) is 5.10 Å². The van der Waals surface area contributed by atoms with Crippen LogP contribution in [-0.4, -0.2) is 19.7 Å². The van der Waals surface area contributed by atoms with Crippen LogP contribution in [0.1, 0.15) is 36.6 Å². The molecule has 19 heavy (non-hydrogen) atoms. The van der Waals surface area contributed by atoms with Gasteiger partial charge in [0.05, 0.1) is 22.6 Å². The first kappa shape index (κ1) is 13.9. The predicted octanol–water partition coefficient (Wildman–Crippen LogP) is 1.60. The van der Waals surface area contributed by atoms with Crippen LogP contribution in [0, 0.1) is 6.92 Å². The quantitative estimate of drug-likeness (QED) is 0.642. The van der Waals surface area contributed by atoms with Crippen molar-refractivity contribution >= 4 is 11.6 Å². The Morgan fingerprint density at radius 1 is 1.53 bits per heavy atom. The zero-order valence-corrected chi connectivity index (χ0v) is 11.7. The van der Waals surface area contributed by atoms with Crippen molar-refractivity contribution in [2.75, 3.05) is 0 Å². The van der Waals surface area contributed by atoms with Crippen LogP contribution in [0.3, 0.4) is 0 Å². The molecule has 3 N–H and O–H groups in total. The van der Waals surface area contributed by atoms with E-state index in [2.05, 4.69) is 27.4 Å². The standard InChI is InChI=1S/C12H17ClN6/c1-3-6-19-12(9(13)7-16-19)11(18-14)10-4-5-15-8(2)17-10/h4-5,7,11,18H,3,6,14H2,1-2H3. The largest absolute Gasteiger partial charge is 0.270 e. The van der Waals surface area contributed by atoms with Crippen LogP contribution in [0.2, 0.25) is 5.02 Å². The van der Waals surface area contributed by atoms with Crippen LogP contribution in [0.15, 0.2) is 18.5 Å². The van der Waals surface area contributed by atoms with Gasteiger partial charge in [-0.15, -0.1) is 0 Å². The maximum absolute atomic E-state index is 6.22. The predicted molar refractivity (Wildman–Crippen MR) is 73.5 cm³/mol. The van der Waals surface area contributed by atoms with E-state index in [0.717, 1.165) is 24.4 Å². The van der Waals surface area contributed by atoms with E-state index in [4.69, 9.17) is 17.4 Å². The molecule has 0 aliphatic heterocycles. The van der Waals surface area contributed by atoms with Crippen molar-refractivity contribution in [2.24, 2.45) is 5.84 Å². The van der Waals surface area contributed by atoms with Crippen LogP contribution in [0.25, 0.3) is 0 Å². The average molecular weight is 281 g/mol. The van der Waals surface area contributed by atoms with Crippen molar-refractivity contribution in [1.29, 1.82) is 0 Å². The molecule has 102 valence electrons. The molecular weight excluding hydrogens is 264 g/mol. The summed E-state index contributed by atoms with van der Waals surface area (Å²) in [4.78, 5) is 8.47. The third-order valence-corrected chi connectivity index (χ3v) is 3.09. The molecule has 2 heterocycles. The molecule has 2 aromatic heterocycles. The Kier molecular flexibility index (Phi) is 4.47. The van der Waals surface area contributed by atoms with Crippen molar-refractivity contribution in [3.8, 4) is 0 Å². The summed E-state index contributed by atoms with van der Waals surface area (Å²) in [7, 11) is 0. The third-order valence-electron chi connectivity index (χ3n) is 2.80. The highest BCUT2D eigenvalue weighted by Gasteiger charge is 2.22. The number of aromatic nitrogens is 4. The van der Waals surface area contributed by atoms with E-state index in [0.29, 0.717) is 10.8 Å². The molecule has 0 aromatic carbocycles. The van der Waals surface area contributed by atoms with Crippen molar-refractivity contribution in [2.45, 2.75) is 32.9 Å². The summed E-state index contributed by atoms with van der Waals surface area (Å²) in [5, 5.41) is 4.84. The van der Waals surface area contributed by atoms with Crippen molar-refractivity contribution in [3.63, 3.8) is 0 Å². The lowest BCUT2D eigenvalue weighted by Gasteiger charge is -2.18. The lowest BCUT2D eigenvalue weighted by atomic mass is 10.1. The fourth-order valence-corrected chi connectivity index (χ4v) is 2.24. The normalized spacial score (nSPS) is 12.6. The van der Waals surface area contributed by atoms with E-state index >= 15 is 0 Å². The van der Waals surface area contributed by atoms with Crippen LogP contribution in [0.4, 0.5) is 0 Å². The van der Waals surface area contributed by atoms with Gasteiger partial charge in [0.15, 0.2) is 0 Å². The molecule has 0 aliphatic rings. The third kappa shape index (κ3) is 2.91. The van der Waals surface area contributed by atoms with Crippen molar-refractivity contribution < 1.29 is 0 Å². The summed E-state index contributed by atoms with van der Waals surface area (Å²) in [5.74, 6) is 6.36. The first-order valence-electron chi connectivity index (χ1n) is 6.14. The highest BCUT2D eigenvalue weighted by Crippen LogP contribution is 2.26. The van der Waals surface area contributed by atoms with Crippen molar-refractivity contribution in [1.82, 2.24) is 25.2 Å². The zero-order valence-electron chi connectivity index (χ0n) is 11.0. The van der Waals surface area contributed by atoms with Gasteiger partial charge in [-0.25, -0.2) is 15.4 Å². The van der Waals surface area contributed by atoms with E-state index in [1.807, 2.05) is 17.7 Å². The number of rotatable bonds is 5. The first-order valence-corrected chi connectivity index (χ1v) is 6.52. The van der Waals surface area contributed by atoms with Gasteiger partial charge >= 0.3 is 0 Å². The summed E-state index contributed by atoms with van der Waals surface area (Å²) >= 11 is 6.22. The molecule has 0 saturated carbocycles. The molecule has 1 atom stereocenters. The van der Waals surface area contributed by atoms with E-state index in [9.17, 15) is 0 Å². The number of hydrogen-bond donors (Lipinski definition) is 2. The highest BCUT2D eigenvalue weighted by molar-refractivity contribution is 6.31. The van der Waals surface area contributed by atoms with Crippen LogP contribution in [0.5, 0.6) is 0 Å². The lowest BCUT2D eigenvalue weighted by molar-refractivity contribution is 0.514. The van der Waals surface area contributed by atoms with E-state index in [1.165, 1.54) is 0 Å². The Hall–Kier alpha value is -1.50. The lowest BCUT2D eigenvalue weighted by Crippen LogP contribution is -2.31. The number of nitrogens with two attached hydrogens (primary N) is 1. The van der Waals surface area contributed by atoms with Crippen LogP contribution in [-0.2, 0) is 6.54 Å². The first-order chi connectivity index (χ1) is 9.17. The Morgan fingerprint density at radius 3 is 2.95 bits per heavy atom. The van der Waals surface area contributed by atoms with Gasteiger partial charge in [-0.1, -0.05) is 18.5 Å². The molecule has 0 aliphatic carbocycles. The molecule has 0 bridgehead atoms. The number of hydrazine groups is 1. The summed E-state index contributed by atoms with van der Waals surface area (Å²) < 4.78 is 1.85. The molecule has 0 fully saturated rings. The fourth-order valence-electron chi connectivity index (χ4n) is 1.99. The van der Waals surface area contributed by atoms with Gasteiger partial charge in [0.1, 0.15) is 11.9 Å². The van der Waals surface area contributed by atoms with Crippen LogP contribution < -0.4 is 11.3 Å². The van der Waals surface area contributed by atoms with Gasteiger partial charge in [0.2, 0.25) is 0 Å². The smallest absolute Gasteiger partial charge is 0.125 e. The fraction of sp³-hybridized carbons (Fsp3) is 0.417. The Balaban J connectivity index is 2.44. The van der Waals surface area contributed by atoms with E-state index in [1.54, 1.807) is 12.4 Å². The molecule has 1 unspecified atom stereocenters. The average Bonchev–Trinajstić information content (AvgIpc) is 2.74. The SMILES string of the molecule is CCCn1ncc(Cl)c1C(NN)c1ccnc(C)n1. The highest BCUT2D eigenvalue weighted by atomic mass is 35.5. The monoisotopic (exact) mass is 280 g/mol. The molecule has 0 amide bonds. The number of halogens is 1. The maximum Gasteiger partial charge on any atom is 0.125 e. The van der Waals surface area contributed by atoms with Crippen LogP contribution >= 0.6 is 11.6 Å². The maximum atomic E-state index is 6.22. The zero-order chi connectivity index (χ0) is 13.8. The molecule has 7 heteroatoms. The Bertz CT molecular complexity index is 553. The minimum absolute atomic E-state index is 0.303. The molecule has 0 spiro atoms. The second kappa shape index (κ2) is 6.10. The molecule has 6 nitrogen and oxygen atoms in total. The minimum Gasteiger partial charge on any atom is -0.270 e. The van der Waals surface area contributed by atoms with Gasteiger partial charge < -0.3 is 0 Å². The summed E-state index contributed by atoms with van der Waals surface area (Å²) in [6, 6.07) is 1.51. The number of nitrogens with zero attached hydrogens (tertiary/aromatic N) is 4.